The minimum absolute atomic E-state index is 0.00348. The van der Waals surface area contributed by atoms with E-state index in [9.17, 15) is 14.7 Å². The van der Waals surface area contributed by atoms with E-state index in [0.29, 0.717) is 52.5 Å². The molecule has 1 saturated carbocycles. The summed E-state index contributed by atoms with van der Waals surface area (Å²) in [5.74, 6) is -1.80. The van der Waals surface area contributed by atoms with Crippen LogP contribution in [-0.2, 0) is 42.7 Å². The zero-order chi connectivity index (χ0) is 32.3. The molecule has 1 rings (SSSR count). The quantitative estimate of drug-likeness (QED) is 0.0902. The summed E-state index contributed by atoms with van der Waals surface area (Å²) in [6.45, 7) is 4.84. The van der Waals surface area contributed by atoms with Gasteiger partial charge in [0.2, 0.25) is 0 Å². The van der Waals surface area contributed by atoms with E-state index in [4.69, 9.17) is 33.2 Å². The molecule has 0 aliphatic heterocycles. The largest absolute Gasteiger partial charge is 0.481 e. The predicted octanol–water partition coefficient (Wildman–Crippen LogP) is 5.87. The number of rotatable bonds is 32. The minimum atomic E-state index is -0.779. The average molecular weight is 633 g/mol. The number of ether oxygens (including phenoxy) is 7. The molecular formula is C34H64O10. The van der Waals surface area contributed by atoms with Crippen LogP contribution in [0.2, 0.25) is 0 Å². The number of carboxylic acids is 1. The van der Waals surface area contributed by atoms with Gasteiger partial charge in [-0.2, -0.15) is 0 Å². The molecule has 1 fully saturated rings. The number of methoxy groups -OCH3 is 3. The molecule has 5 unspecified atom stereocenters. The van der Waals surface area contributed by atoms with Crippen molar-refractivity contribution in [3.05, 3.63) is 0 Å². The Balaban J connectivity index is 2.51. The Hall–Kier alpha value is -1.14. The highest BCUT2D eigenvalue weighted by Crippen LogP contribution is 2.32. The second-order valence-electron chi connectivity index (χ2n) is 11.9. The molecule has 1 aliphatic rings. The summed E-state index contributed by atoms with van der Waals surface area (Å²) in [5.41, 5.74) is 0. The van der Waals surface area contributed by atoms with Crippen LogP contribution in [0.25, 0.3) is 0 Å². The molecule has 0 amide bonds. The predicted molar refractivity (Wildman–Crippen MR) is 170 cm³/mol. The fraction of sp³-hybridized carbons (Fsp3) is 0.941. The average Bonchev–Trinajstić information content (AvgIpc) is 3.32. The SMILES string of the molecule is CCCCCCCCCCCCCCC(CCOCC(OCCOC)C1C(=O)CC(OCCOC)C1OCCOC)C(=O)O. The van der Waals surface area contributed by atoms with Crippen LogP contribution in [0.15, 0.2) is 0 Å². The number of ketones is 1. The lowest BCUT2D eigenvalue weighted by atomic mass is 9.96. The number of carboxylic acid groups (broad SMARTS) is 1. The van der Waals surface area contributed by atoms with Gasteiger partial charge in [0.15, 0.2) is 0 Å². The highest BCUT2D eigenvalue weighted by molar-refractivity contribution is 5.85. The fourth-order valence-corrected chi connectivity index (χ4v) is 5.79. The second-order valence-corrected chi connectivity index (χ2v) is 11.9. The fourth-order valence-electron chi connectivity index (χ4n) is 5.79. The van der Waals surface area contributed by atoms with Gasteiger partial charge in [-0.3, -0.25) is 9.59 Å². The van der Waals surface area contributed by atoms with Gasteiger partial charge < -0.3 is 38.3 Å². The molecule has 0 radical (unpaired) electrons. The van der Waals surface area contributed by atoms with Gasteiger partial charge in [0.1, 0.15) is 5.78 Å². The number of hydrogen-bond donors (Lipinski definition) is 1. The number of carbonyl (C=O) groups is 2. The number of Topliss-reactive ketones (excluding diaryl/α,β-unsaturated/α-hetero) is 1. The van der Waals surface area contributed by atoms with Crippen molar-refractivity contribution in [2.75, 3.05) is 74.2 Å². The van der Waals surface area contributed by atoms with Gasteiger partial charge >= 0.3 is 5.97 Å². The van der Waals surface area contributed by atoms with E-state index < -0.39 is 36.1 Å². The van der Waals surface area contributed by atoms with Gasteiger partial charge in [-0.25, -0.2) is 0 Å². The summed E-state index contributed by atoms with van der Waals surface area (Å²) in [6, 6.07) is 0. The van der Waals surface area contributed by atoms with E-state index in [1.165, 1.54) is 64.2 Å². The van der Waals surface area contributed by atoms with Crippen LogP contribution in [0.1, 0.15) is 103 Å². The monoisotopic (exact) mass is 632 g/mol. The number of aliphatic carboxylic acids is 1. The van der Waals surface area contributed by atoms with Crippen molar-refractivity contribution in [1.29, 1.82) is 0 Å². The number of carbonyl (C=O) groups excluding carboxylic acids is 1. The first-order chi connectivity index (χ1) is 21.5. The third-order valence-corrected chi connectivity index (χ3v) is 8.38. The van der Waals surface area contributed by atoms with Crippen molar-refractivity contribution in [1.82, 2.24) is 0 Å². The smallest absolute Gasteiger partial charge is 0.306 e. The first kappa shape index (κ1) is 40.9. The Labute approximate surface area is 267 Å². The molecule has 0 heterocycles. The number of unbranched alkanes of at least 4 members (excludes halogenated alkanes) is 11. The highest BCUT2D eigenvalue weighted by atomic mass is 16.6. The molecule has 10 heteroatoms. The van der Waals surface area contributed by atoms with Crippen LogP contribution in [0.5, 0.6) is 0 Å². The Bertz CT molecular complexity index is 691. The van der Waals surface area contributed by atoms with Gasteiger partial charge in [0.05, 0.1) is 76.4 Å². The van der Waals surface area contributed by atoms with Gasteiger partial charge in [0.25, 0.3) is 0 Å². The molecule has 0 saturated heterocycles. The van der Waals surface area contributed by atoms with E-state index >= 15 is 0 Å². The lowest BCUT2D eigenvalue weighted by Crippen LogP contribution is -2.43. The molecule has 1 N–H and O–H groups in total. The van der Waals surface area contributed by atoms with Crippen LogP contribution in [-0.4, -0.2) is 109 Å². The van der Waals surface area contributed by atoms with Gasteiger partial charge in [-0.05, 0) is 12.8 Å². The Morgan fingerprint density at radius 3 is 1.84 bits per heavy atom. The van der Waals surface area contributed by atoms with Crippen LogP contribution < -0.4 is 0 Å². The van der Waals surface area contributed by atoms with Crippen LogP contribution in [0, 0.1) is 11.8 Å². The van der Waals surface area contributed by atoms with Crippen LogP contribution in [0.4, 0.5) is 0 Å². The molecule has 5 atom stereocenters. The molecule has 44 heavy (non-hydrogen) atoms. The molecule has 10 nitrogen and oxygen atoms in total. The maximum absolute atomic E-state index is 13.2. The van der Waals surface area contributed by atoms with Crippen LogP contribution >= 0.6 is 0 Å². The third kappa shape index (κ3) is 18.7. The lowest BCUT2D eigenvalue weighted by Gasteiger charge is -2.30. The summed E-state index contributed by atoms with van der Waals surface area (Å²) < 4.78 is 39.5. The first-order valence-corrected chi connectivity index (χ1v) is 17.1. The molecule has 0 bridgehead atoms. The van der Waals surface area contributed by atoms with Gasteiger partial charge in [-0.15, -0.1) is 0 Å². The molecule has 0 aromatic carbocycles. The zero-order valence-electron chi connectivity index (χ0n) is 28.3. The maximum Gasteiger partial charge on any atom is 0.306 e. The van der Waals surface area contributed by atoms with E-state index in [-0.39, 0.29) is 25.4 Å². The Morgan fingerprint density at radius 1 is 0.727 bits per heavy atom. The summed E-state index contributed by atoms with van der Waals surface area (Å²) in [7, 11) is 4.79. The molecule has 0 aromatic heterocycles. The van der Waals surface area contributed by atoms with E-state index in [1.807, 2.05) is 0 Å². The van der Waals surface area contributed by atoms with Crippen molar-refractivity contribution in [3.63, 3.8) is 0 Å². The summed E-state index contributed by atoms with van der Waals surface area (Å²) in [5, 5.41) is 9.78. The lowest BCUT2D eigenvalue weighted by molar-refractivity contribution is -0.144. The summed E-state index contributed by atoms with van der Waals surface area (Å²) in [6.07, 6.45) is 14.8. The standard InChI is InChI=1S/C34H64O10/c1-5-6-7-8-9-10-11-12-13-14-15-16-17-28(34(36)37)18-19-41-27-31(43-24-21-39-3)32-29(35)26-30(42-23-20-38-2)33(32)44-25-22-40-4/h28,30-33H,5-27H2,1-4H3,(H,36,37). The van der Waals surface area contributed by atoms with Crippen molar-refractivity contribution in [2.45, 2.75) is 122 Å². The summed E-state index contributed by atoms with van der Waals surface area (Å²) >= 11 is 0. The van der Waals surface area contributed by atoms with Crippen molar-refractivity contribution >= 4 is 11.8 Å². The zero-order valence-corrected chi connectivity index (χ0v) is 28.3. The highest BCUT2D eigenvalue weighted by Gasteiger charge is 2.48. The van der Waals surface area contributed by atoms with E-state index in [1.54, 1.807) is 21.3 Å². The molecule has 1 aliphatic carbocycles. The minimum Gasteiger partial charge on any atom is -0.481 e. The Kier molecular flexibility index (Phi) is 26.1. The summed E-state index contributed by atoms with van der Waals surface area (Å²) in [4.78, 5) is 25.1. The third-order valence-electron chi connectivity index (χ3n) is 8.38. The molecule has 0 spiro atoms. The normalized spacial score (nSPS) is 19.9. The van der Waals surface area contributed by atoms with Gasteiger partial charge in [-0.1, -0.05) is 84.0 Å². The van der Waals surface area contributed by atoms with E-state index in [0.717, 1.165) is 12.8 Å². The maximum atomic E-state index is 13.2. The Morgan fingerprint density at radius 2 is 1.27 bits per heavy atom. The topological polar surface area (TPSA) is 119 Å². The van der Waals surface area contributed by atoms with Crippen molar-refractivity contribution < 1.29 is 47.9 Å². The van der Waals surface area contributed by atoms with Crippen LogP contribution in [0.3, 0.4) is 0 Å². The molecule has 260 valence electrons. The molecule has 0 aromatic rings. The van der Waals surface area contributed by atoms with Gasteiger partial charge in [0, 0.05) is 34.4 Å². The number of hydrogen-bond acceptors (Lipinski definition) is 9. The van der Waals surface area contributed by atoms with E-state index in [2.05, 4.69) is 6.92 Å². The molecular weight excluding hydrogens is 568 g/mol. The van der Waals surface area contributed by atoms with Crippen molar-refractivity contribution in [3.8, 4) is 0 Å². The van der Waals surface area contributed by atoms with Crippen molar-refractivity contribution in [2.24, 2.45) is 11.8 Å². The first-order valence-electron chi connectivity index (χ1n) is 17.1. The second kappa shape index (κ2) is 28.1.